The number of hydrogen-bond donors (Lipinski definition) is 0. The van der Waals surface area contributed by atoms with Crippen LogP contribution in [0.5, 0.6) is 0 Å². The van der Waals surface area contributed by atoms with Crippen LogP contribution >= 0.6 is 0 Å². The molecule has 2 nitrogen and oxygen atoms in total. The van der Waals surface area contributed by atoms with Gasteiger partial charge in [0, 0.05) is 5.92 Å². The van der Waals surface area contributed by atoms with E-state index in [-0.39, 0.29) is 5.54 Å². The van der Waals surface area contributed by atoms with Gasteiger partial charge in [-0.05, 0) is 45.7 Å². The van der Waals surface area contributed by atoms with Crippen LogP contribution in [0.15, 0.2) is 0 Å². The molecule has 2 aliphatic carbocycles. The lowest BCUT2D eigenvalue weighted by atomic mass is 9.67. The fourth-order valence-electron chi connectivity index (χ4n) is 4.44. The number of rotatable bonds is 4. The summed E-state index contributed by atoms with van der Waals surface area (Å²) in [6, 6.07) is 0. The standard InChI is InChI=1S/C17H31NO/c1-4-14-10-6-7-11-15(14)16(19)17(18(2)3)12-8-5-9-13-17/h14-15H,4-13H2,1-3H3. The van der Waals surface area contributed by atoms with Crippen molar-refractivity contribution >= 4 is 5.78 Å². The summed E-state index contributed by atoms with van der Waals surface area (Å²) in [7, 11) is 4.24. The Bertz CT molecular complexity index is 304. The number of nitrogens with zero attached hydrogens (tertiary/aromatic N) is 1. The number of hydrogen-bond acceptors (Lipinski definition) is 2. The summed E-state index contributed by atoms with van der Waals surface area (Å²) in [6.45, 7) is 2.26. The van der Waals surface area contributed by atoms with Gasteiger partial charge in [-0.25, -0.2) is 0 Å². The fraction of sp³-hybridized carbons (Fsp3) is 0.941. The van der Waals surface area contributed by atoms with Gasteiger partial charge >= 0.3 is 0 Å². The number of ketones is 1. The smallest absolute Gasteiger partial charge is 0.156 e. The van der Waals surface area contributed by atoms with Crippen LogP contribution in [0.1, 0.15) is 71.1 Å². The maximum atomic E-state index is 13.2. The summed E-state index contributed by atoms with van der Waals surface area (Å²) in [6.07, 6.45) is 12.1. The molecule has 0 spiro atoms. The Labute approximate surface area is 118 Å². The highest BCUT2D eigenvalue weighted by atomic mass is 16.1. The van der Waals surface area contributed by atoms with Crippen LogP contribution in [0.2, 0.25) is 0 Å². The van der Waals surface area contributed by atoms with Crippen molar-refractivity contribution in [3.8, 4) is 0 Å². The van der Waals surface area contributed by atoms with Gasteiger partial charge in [0.25, 0.3) is 0 Å². The Balaban J connectivity index is 2.18. The first kappa shape index (κ1) is 15.0. The van der Waals surface area contributed by atoms with E-state index in [1.165, 1.54) is 44.9 Å². The summed E-state index contributed by atoms with van der Waals surface area (Å²) >= 11 is 0. The van der Waals surface area contributed by atoms with Crippen LogP contribution in [0.25, 0.3) is 0 Å². The maximum Gasteiger partial charge on any atom is 0.156 e. The SMILES string of the molecule is CCC1CCCCC1C(=O)C1(N(C)C)CCCCC1. The quantitative estimate of drug-likeness (QED) is 0.764. The van der Waals surface area contributed by atoms with Gasteiger partial charge in [0.15, 0.2) is 5.78 Å². The minimum absolute atomic E-state index is 0.131. The molecule has 2 saturated carbocycles. The lowest BCUT2D eigenvalue weighted by Crippen LogP contribution is -2.55. The normalized spacial score (nSPS) is 31.4. The van der Waals surface area contributed by atoms with Crippen LogP contribution < -0.4 is 0 Å². The monoisotopic (exact) mass is 265 g/mol. The van der Waals surface area contributed by atoms with Gasteiger partial charge in [0.05, 0.1) is 5.54 Å². The molecule has 2 unspecified atom stereocenters. The van der Waals surface area contributed by atoms with Gasteiger partial charge in [-0.3, -0.25) is 9.69 Å². The van der Waals surface area contributed by atoms with E-state index in [0.717, 1.165) is 19.3 Å². The predicted molar refractivity (Wildman–Crippen MR) is 80.2 cm³/mol. The number of carbonyl (C=O) groups excluding carboxylic acids is 1. The molecule has 0 amide bonds. The molecule has 0 bridgehead atoms. The molecule has 2 heteroatoms. The molecule has 2 fully saturated rings. The summed E-state index contributed by atoms with van der Waals surface area (Å²) in [5.74, 6) is 1.59. The zero-order chi connectivity index (χ0) is 13.9. The molecule has 0 heterocycles. The second kappa shape index (κ2) is 6.39. The average molecular weight is 265 g/mol. The predicted octanol–water partition coefficient (Wildman–Crippen LogP) is 4.04. The minimum Gasteiger partial charge on any atom is -0.297 e. The fourth-order valence-corrected chi connectivity index (χ4v) is 4.44. The first-order valence-corrected chi connectivity index (χ1v) is 8.33. The third-order valence-corrected chi connectivity index (χ3v) is 5.77. The third-order valence-electron chi connectivity index (χ3n) is 5.77. The van der Waals surface area contributed by atoms with Gasteiger partial charge in [-0.1, -0.05) is 45.4 Å². The van der Waals surface area contributed by atoms with Gasteiger partial charge < -0.3 is 0 Å². The van der Waals surface area contributed by atoms with E-state index in [0.29, 0.717) is 17.6 Å². The van der Waals surface area contributed by atoms with E-state index in [1.807, 2.05) is 0 Å². The Morgan fingerprint density at radius 2 is 1.68 bits per heavy atom. The zero-order valence-corrected chi connectivity index (χ0v) is 13.1. The molecule has 0 aromatic heterocycles. The highest BCUT2D eigenvalue weighted by molar-refractivity contribution is 5.90. The van der Waals surface area contributed by atoms with Crippen LogP contribution in [0, 0.1) is 11.8 Å². The second-order valence-corrected chi connectivity index (χ2v) is 6.91. The second-order valence-electron chi connectivity index (χ2n) is 6.91. The molecule has 2 rings (SSSR count). The Morgan fingerprint density at radius 1 is 1.05 bits per heavy atom. The molecule has 110 valence electrons. The lowest BCUT2D eigenvalue weighted by Gasteiger charge is -2.45. The molecular weight excluding hydrogens is 234 g/mol. The third kappa shape index (κ3) is 2.89. The van der Waals surface area contributed by atoms with Crippen molar-refractivity contribution in [2.45, 2.75) is 76.7 Å². The van der Waals surface area contributed by atoms with E-state index in [1.54, 1.807) is 0 Å². The molecule has 0 radical (unpaired) electrons. The number of likely N-dealkylation sites (N-methyl/N-ethyl adjacent to an activating group) is 1. The Kier molecular flexibility index (Phi) is 5.05. The summed E-state index contributed by atoms with van der Waals surface area (Å²) < 4.78 is 0. The Morgan fingerprint density at radius 3 is 2.26 bits per heavy atom. The van der Waals surface area contributed by atoms with Crippen molar-refractivity contribution in [2.75, 3.05) is 14.1 Å². The molecular formula is C17H31NO. The van der Waals surface area contributed by atoms with E-state index in [4.69, 9.17) is 0 Å². The van der Waals surface area contributed by atoms with Crippen molar-refractivity contribution in [1.82, 2.24) is 4.90 Å². The Hall–Kier alpha value is -0.370. The van der Waals surface area contributed by atoms with Gasteiger partial charge in [0.2, 0.25) is 0 Å². The summed E-state index contributed by atoms with van der Waals surface area (Å²) in [5.41, 5.74) is -0.131. The van der Waals surface area contributed by atoms with E-state index < -0.39 is 0 Å². The van der Waals surface area contributed by atoms with E-state index >= 15 is 0 Å². The van der Waals surface area contributed by atoms with Crippen molar-refractivity contribution in [1.29, 1.82) is 0 Å². The molecule has 2 atom stereocenters. The zero-order valence-electron chi connectivity index (χ0n) is 13.1. The van der Waals surface area contributed by atoms with Crippen LogP contribution in [-0.2, 0) is 4.79 Å². The highest BCUT2D eigenvalue weighted by Crippen LogP contribution is 2.41. The van der Waals surface area contributed by atoms with Crippen molar-refractivity contribution < 1.29 is 4.79 Å². The van der Waals surface area contributed by atoms with Gasteiger partial charge in [-0.15, -0.1) is 0 Å². The first-order chi connectivity index (χ1) is 9.12. The van der Waals surface area contributed by atoms with Gasteiger partial charge in [0.1, 0.15) is 0 Å². The van der Waals surface area contributed by atoms with Crippen LogP contribution in [-0.4, -0.2) is 30.3 Å². The van der Waals surface area contributed by atoms with Crippen molar-refractivity contribution in [3.05, 3.63) is 0 Å². The molecule has 0 aromatic rings. The minimum atomic E-state index is -0.131. The molecule has 0 N–H and O–H groups in total. The number of carbonyl (C=O) groups is 1. The van der Waals surface area contributed by atoms with Crippen molar-refractivity contribution in [2.24, 2.45) is 11.8 Å². The topological polar surface area (TPSA) is 20.3 Å². The summed E-state index contributed by atoms with van der Waals surface area (Å²) in [4.78, 5) is 15.5. The van der Waals surface area contributed by atoms with Gasteiger partial charge in [-0.2, -0.15) is 0 Å². The van der Waals surface area contributed by atoms with Crippen LogP contribution in [0.4, 0.5) is 0 Å². The lowest BCUT2D eigenvalue weighted by molar-refractivity contribution is -0.139. The van der Waals surface area contributed by atoms with Crippen molar-refractivity contribution in [3.63, 3.8) is 0 Å². The molecule has 0 aromatic carbocycles. The van der Waals surface area contributed by atoms with E-state index in [2.05, 4.69) is 25.9 Å². The van der Waals surface area contributed by atoms with Crippen LogP contribution in [0.3, 0.4) is 0 Å². The molecule has 0 saturated heterocycles. The highest BCUT2D eigenvalue weighted by Gasteiger charge is 2.46. The summed E-state index contributed by atoms with van der Waals surface area (Å²) in [5, 5.41) is 0. The molecule has 2 aliphatic rings. The largest absolute Gasteiger partial charge is 0.297 e. The maximum absolute atomic E-state index is 13.2. The number of Topliss-reactive ketones (excluding diaryl/α,β-unsaturated/α-hetero) is 1. The molecule has 0 aliphatic heterocycles. The van der Waals surface area contributed by atoms with E-state index in [9.17, 15) is 4.79 Å². The average Bonchev–Trinajstić information content (AvgIpc) is 2.47. The first-order valence-electron chi connectivity index (χ1n) is 8.33. The molecule has 19 heavy (non-hydrogen) atoms.